The van der Waals surface area contributed by atoms with Crippen LogP contribution in [0.3, 0.4) is 0 Å². The van der Waals surface area contributed by atoms with Gasteiger partial charge in [0.15, 0.2) is 0 Å². The second kappa shape index (κ2) is 13.3. The van der Waals surface area contributed by atoms with Crippen LogP contribution < -0.4 is 16.7 Å². The number of amides is 3. The Hall–Kier alpha value is -4.58. The highest BCUT2D eigenvalue weighted by atomic mass is 16.6. The van der Waals surface area contributed by atoms with E-state index in [1.54, 1.807) is 35.1 Å². The van der Waals surface area contributed by atoms with Gasteiger partial charge >= 0.3 is 17.7 Å². The van der Waals surface area contributed by atoms with Gasteiger partial charge in [0.05, 0.1) is 17.6 Å². The van der Waals surface area contributed by atoms with Crippen molar-refractivity contribution in [2.75, 3.05) is 19.6 Å². The number of nitrogens with two attached hydrogens (primary N) is 1. The molecule has 0 saturated carbocycles. The summed E-state index contributed by atoms with van der Waals surface area (Å²) in [6.07, 6.45) is 3.27. The Kier molecular flexibility index (Phi) is 9.14. The zero-order valence-electron chi connectivity index (χ0n) is 27.4. The Labute approximate surface area is 273 Å². The third-order valence-electron chi connectivity index (χ3n) is 9.23. The molecule has 0 spiro atoms. The number of aromatic nitrogens is 3. The number of imidazole rings is 1. The lowest BCUT2D eigenvalue weighted by atomic mass is 9.95. The second-order valence-corrected chi connectivity index (χ2v) is 13.7. The Morgan fingerprint density at radius 1 is 1.00 bits per heavy atom. The Bertz CT molecular complexity index is 1820. The van der Waals surface area contributed by atoms with Gasteiger partial charge in [-0.15, -0.1) is 0 Å². The smallest absolute Gasteiger partial charge is 0.329 e. The molecule has 2 atom stereocenters. The minimum atomic E-state index is -0.861. The lowest BCUT2D eigenvalue weighted by Crippen LogP contribution is -2.59. The monoisotopic (exact) mass is 643 g/mol. The number of hydrogen-bond donors (Lipinski definition) is 4. The van der Waals surface area contributed by atoms with E-state index in [2.05, 4.69) is 15.3 Å². The van der Waals surface area contributed by atoms with Crippen molar-refractivity contribution in [2.24, 2.45) is 5.73 Å². The number of benzene rings is 2. The number of rotatable bonds is 8. The van der Waals surface area contributed by atoms with Crippen molar-refractivity contribution in [3.63, 3.8) is 0 Å². The highest BCUT2D eigenvalue weighted by Crippen LogP contribution is 2.32. The molecule has 1 fully saturated rings. The van der Waals surface area contributed by atoms with Crippen LogP contribution in [0.25, 0.3) is 21.9 Å². The third-order valence-corrected chi connectivity index (χ3v) is 9.23. The molecule has 47 heavy (non-hydrogen) atoms. The Morgan fingerprint density at radius 3 is 2.43 bits per heavy atom. The van der Waals surface area contributed by atoms with Crippen LogP contribution in [0.2, 0.25) is 0 Å². The van der Waals surface area contributed by atoms with Crippen LogP contribution in [-0.4, -0.2) is 79.6 Å². The maximum atomic E-state index is 14.3. The van der Waals surface area contributed by atoms with E-state index in [9.17, 15) is 19.2 Å². The van der Waals surface area contributed by atoms with Gasteiger partial charge in [-0.2, -0.15) is 0 Å². The standard InChI is InChI=1S/C35H45N7O5/c1-35(2,3)47-32(44)27(13-8-9-17-36)38-31(43)30-20-24-23-10-4-5-11-25(23)37-28(24)21-41(30)34(46)40-18-15-22(16-19-40)42-29-14-7-6-12-26(29)39-33(42)45/h4-7,10-12,14,22,27,30,37H,8-9,13,15-21,36H2,1-3H3,(H,38,43)(H,39,45). The molecule has 2 aliphatic rings. The van der Waals surface area contributed by atoms with Gasteiger partial charge in [0.25, 0.3) is 0 Å². The fourth-order valence-corrected chi connectivity index (χ4v) is 6.96. The Morgan fingerprint density at radius 2 is 1.70 bits per heavy atom. The second-order valence-electron chi connectivity index (χ2n) is 13.7. The van der Waals surface area contributed by atoms with E-state index in [-0.39, 0.29) is 24.3 Å². The Balaban J connectivity index is 1.24. The summed E-state index contributed by atoms with van der Waals surface area (Å²) in [7, 11) is 0. The molecule has 4 aromatic rings. The molecule has 3 amide bonds. The zero-order chi connectivity index (χ0) is 33.3. The maximum Gasteiger partial charge on any atom is 0.329 e. The molecule has 4 heterocycles. The molecule has 6 rings (SSSR count). The van der Waals surface area contributed by atoms with E-state index in [1.807, 2.05) is 48.5 Å². The van der Waals surface area contributed by atoms with Crippen molar-refractivity contribution in [3.8, 4) is 0 Å². The highest BCUT2D eigenvalue weighted by Gasteiger charge is 2.40. The molecule has 12 heteroatoms. The first-order chi connectivity index (χ1) is 22.5. The summed E-state index contributed by atoms with van der Waals surface area (Å²) < 4.78 is 7.46. The van der Waals surface area contributed by atoms with Crippen molar-refractivity contribution in [1.82, 2.24) is 29.7 Å². The normalized spacial score (nSPS) is 17.9. The van der Waals surface area contributed by atoms with Crippen molar-refractivity contribution >= 4 is 39.8 Å². The molecule has 5 N–H and O–H groups in total. The predicted octanol–water partition coefficient (Wildman–Crippen LogP) is 3.95. The number of ether oxygens (including phenoxy) is 1. The molecule has 250 valence electrons. The largest absolute Gasteiger partial charge is 0.458 e. The van der Waals surface area contributed by atoms with E-state index >= 15 is 0 Å². The number of urea groups is 1. The summed E-state index contributed by atoms with van der Waals surface area (Å²) in [5.74, 6) is -0.892. The lowest BCUT2D eigenvalue weighted by Gasteiger charge is -2.41. The fourth-order valence-electron chi connectivity index (χ4n) is 6.96. The first-order valence-corrected chi connectivity index (χ1v) is 16.6. The number of fused-ring (bicyclic) bond motifs is 4. The van der Waals surface area contributed by atoms with Crippen LogP contribution in [-0.2, 0) is 27.3 Å². The lowest BCUT2D eigenvalue weighted by molar-refractivity contribution is -0.159. The molecule has 0 aliphatic carbocycles. The fraction of sp³-hybridized carbons (Fsp3) is 0.486. The van der Waals surface area contributed by atoms with E-state index in [0.717, 1.165) is 33.2 Å². The van der Waals surface area contributed by atoms with Crippen LogP contribution in [0.5, 0.6) is 0 Å². The summed E-state index contributed by atoms with van der Waals surface area (Å²) in [6.45, 7) is 6.98. The van der Waals surface area contributed by atoms with Gasteiger partial charge < -0.3 is 35.6 Å². The average Bonchev–Trinajstić information content (AvgIpc) is 3.58. The number of carbonyl (C=O) groups excluding carboxylic acids is 3. The number of piperidine rings is 1. The number of nitrogens with zero attached hydrogens (tertiary/aromatic N) is 3. The van der Waals surface area contributed by atoms with Crippen LogP contribution in [0.4, 0.5) is 4.79 Å². The van der Waals surface area contributed by atoms with Gasteiger partial charge in [-0.1, -0.05) is 30.3 Å². The number of aromatic amines is 2. The molecule has 2 unspecified atom stereocenters. The molecule has 0 radical (unpaired) electrons. The summed E-state index contributed by atoms with van der Waals surface area (Å²) >= 11 is 0. The topological polar surface area (TPSA) is 159 Å². The average molecular weight is 644 g/mol. The minimum Gasteiger partial charge on any atom is -0.458 e. The summed E-state index contributed by atoms with van der Waals surface area (Å²) in [4.78, 5) is 64.2. The number of esters is 1. The van der Waals surface area contributed by atoms with Crippen LogP contribution in [0, 0.1) is 0 Å². The van der Waals surface area contributed by atoms with Gasteiger partial charge in [-0.25, -0.2) is 14.4 Å². The number of H-pyrrole nitrogens is 2. The summed E-state index contributed by atoms with van der Waals surface area (Å²) in [5, 5.41) is 3.97. The zero-order valence-corrected chi connectivity index (χ0v) is 27.4. The predicted molar refractivity (Wildman–Crippen MR) is 180 cm³/mol. The molecular formula is C35H45N7O5. The minimum absolute atomic E-state index is 0.0495. The molecule has 0 bridgehead atoms. The van der Waals surface area contributed by atoms with Crippen LogP contribution in [0.1, 0.15) is 70.2 Å². The molecule has 2 aromatic heterocycles. The van der Waals surface area contributed by atoms with Gasteiger partial charge in [-0.3, -0.25) is 9.36 Å². The van der Waals surface area contributed by atoms with Crippen molar-refractivity contribution < 1.29 is 19.1 Å². The molecule has 1 saturated heterocycles. The van der Waals surface area contributed by atoms with Crippen molar-refractivity contribution in [1.29, 1.82) is 0 Å². The summed E-state index contributed by atoms with van der Waals surface area (Å²) in [5.41, 5.74) is 9.33. The molecule has 2 aromatic carbocycles. The van der Waals surface area contributed by atoms with E-state index < -0.39 is 29.6 Å². The number of nitrogens with one attached hydrogen (secondary N) is 3. The quantitative estimate of drug-likeness (QED) is 0.168. The van der Waals surface area contributed by atoms with E-state index in [1.165, 1.54) is 0 Å². The highest BCUT2D eigenvalue weighted by molar-refractivity contribution is 5.93. The molecular weight excluding hydrogens is 598 g/mol. The van der Waals surface area contributed by atoms with Crippen LogP contribution >= 0.6 is 0 Å². The van der Waals surface area contributed by atoms with E-state index in [4.69, 9.17) is 10.5 Å². The number of unbranched alkanes of at least 4 members (excludes halogenated alkanes) is 1. The molecule has 2 aliphatic heterocycles. The number of hydrogen-bond acceptors (Lipinski definition) is 6. The third kappa shape index (κ3) is 6.78. The number of para-hydroxylation sites is 3. The SMILES string of the molecule is CC(C)(C)OC(=O)C(CCCCN)NC(=O)C1Cc2c([nH]c3ccccc23)CN1C(=O)N1CCC(n2c(=O)[nH]c3ccccc32)CC1. The van der Waals surface area contributed by atoms with Gasteiger partial charge in [-0.05, 0) is 83.2 Å². The van der Waals surface area contributed by atoms with Gasteiger partial charge in [0, 0.05) is 42.1 Å². The first-order valence-electron chi connectivity index (χ1n) is 16.6. The van der Waals surface area contributed by atoms with Gasteiger partial charge in [0.1, 0.15) is 17.7 Å². The van der Waals surface area contributed by atoms with Crippen molar-refractivity contribution in [3.05, 3.63) is 70.3 Å². The summed E-state index contributed by atoms with van der Waals surface area (Å²) in [6, 6.07) is 13.6. The molecule has 12 nitrogen and oxygen atoms in total. The number of carbonyl (C=O) groups is 3. The maximum absolute atomic E-state index is 14.3. The first kappa shape index (κ1) is 32.4. The van der Waals surface area contributed by atoms with E-state index in [0.29, 0.717) is 58.2 Å². The van der Waals surface area contributed by atoms with Crippen molar-refractivity contribution in [2.45, 2.75) is 89.6 Å². The number of likely N-dealkylation sites (tertiary alicyclic amines) is 1. The van der Waals surface area contributed by atoms with Gasteiger partial charge in [0.2, 0.25) is 5.91 Å². The van der Waals surface area contributed by atoms with Crippen LogP contribution in [0.15, 0.2) is 53.3 Å².